The molecule has 2 aliphatic heterocycles. The highest BCUT2D eigenvalue weighted by Crippen LogP contribution is 2.51. The number of carbonyl (C=O) groups excluding carboxylic acids is 2. The average Bonchev–Trinajstić information content (AvgIpc) is 2.89. The molecule has 1 aromatic carbocycles. The van der Waals surface area contributed by atoms with E-state index in [0.29, 0.717) is 11.1 Å². The molecule has 4 atom stereocenters. The number of nitrogens with zero attached hydrogens (tertiary/aromatic N) is 1. The number of aliphatic carboxylic acids is 1. The second-order valence-corrected chi connectivity index (χ2v) is 8.30. The van der Waals surface area contributed by atoms with Crippen molar-refractivity contribution < 1.29 is 24.2 Å². The van der Waals surface area contributed by atoms with Gasteiger partial charge in [0.1, 0.15) is 23.2 Å². The summed E-state index contributed by atoms with van der Waals surface area (Å²) in [6.45, 7) is 1.59. The van der Waals surface area contributed by atoms with Crippen molar-refractivity contribution in [3.8, 4) is 5.75 Å². The van der Waals surface area contributed by atoms with Gasteiger partial charge >= 0.3 is 5.97 Å². The Kier molecular flexibility index (Phi) is 4.97. The molecular weight excluding hydrogens is 412 g/mol. The Bertz CT molecular complexity index is 703. The van der Waals surface area contributed by atoms with Crippen molar-refractivity contribution in [1.29, 1.82) is 0 Å². The van der Waals surface area contributed by atoms with Crippen molar-refractivity contribution in [1.82, 2.24) is 10.2 Å². The van der Waals surface area contributed by atoms with Crippen LogP contribution in [0.1, 0.15) is 6.92 Å². The van der Waals surface area contributed by atoms with Gasteiger partial charge in [-0.25, -0.2) is 4.79 Å². The number of β-lactam (4-membered cyclic amide) rings is 1. The van der Waals surface area contributed by atoms with E-state index in [-0.39, 0.29) is 17.9 Å². The van der Waals surface area contributed by atoms with E-state index in [2.05, 4.69) is 21.2 Å². The Labute approximate surface area is 157 Å². The molecule has 1 aromatic rings. The fraction of sp³-hybridized carbons (Fsp3) is 0.438. The third kappa shape index (κ3) is 3.22. The summed E-state index contributed by atoms with van der Waals surface area (Å²) in [7, 11) is 0. The Balaban J connectivity index is 1.61. The topological polar surface area (TPSA) is 95.9 Å². The summed E-state index contributed by atoms with van der Waals surface area (Å²) in [5, 5.41) is 12.2. The Hall–Kier alpha value is -1.74. The van der Waals surface area contributed by atoms with E-state index in [4.69, 9.17) is 4.74 Å². The van der Waals surface area contributed by atoms with Crippen LogP contribution < -0.4 is 10.1 Å². The number of benzene rings is 1. The van der Waals surface area contributed by atoms with Gasteiger partial charge in [-0.2, -0.15) is 0 Å². The molecule has 2 amide bonds. The van der Waals surface area contributed by atoms with E-state index >= 15 is 0 Å². The van der Waals surface area contributed by atoms with Gasteiger partial charge in [0.15, 0.2) is 6.61 Å². The second-order valence-electron chi connectivity index (χ2n) is 6.09. The molecule has 134 valence electrons. The van der Waals surface area contributed by atoms with E-state index in [9.17, 15) is 19.5 Å². The fourth-order valence-corrected chi connectivity index (χ4v) is 5.34. The third-order valence-electron chi connectivity index (χ3n) is 4.26. The number of carbonyl (C=O) groups is 3. The molecule has 0 aliphatic carbocycles. The molecule has 2 fully saturated rings. The average molecular weight is 429 g/mol. The molecule has 0 spiro atoms. The van der Waals surface area contributed by atoms with Crippen LogP contribution in [-0.4, -0.2) is 61.9 Å². The summed E-state index contributed by atoms with van der Waals surface area (Å²) < 4.78 is 4.71. The summed E-state index contributed by atoms with van der Waals surface area (Å²) in [5.41, 5.74) is 0. The van der Waals surface area contributed by atoms with Gasteiger partial charge in [0.2, 0.25) is 5.91 Å². The number of nitrogens with one attached hydrogen (secondary N) is 1. The van der Waals surface area contributed by atoms with Crippen LogP contribution in [0.25, 0.3) is 0 Å². The summed E-state index contributed by atoms with van der Waals surface area (Å²) in [5.74, 6) is -1.26. The number of carboxylic acids is 1. The minimum atomic E-state index is -1.04. The zero-order valence-corrected chi connectivity index (χ0v) is 15.7. The molecule has 0 aromatic heterocycles. The van der Waals surface area contributed by atoms with E-state index in [1.54, 1.807) is 31.2 Å². The fourth-order valence-electron chi connectivity index (χ4n) is 3.02. The van der Waals surface area contributed by atoms with Crippen LogP contribution in [0.15, 0.2) is 30.3 Å². The van der Waals surface area contributed by atoms with Gasteiger partial charge < -0.3 is 20.1 Å². The lowest BCUT2D eigenvalue weighted by molar-refractivity contribution is -0.161. The minimum absolute atomic E-state index is 0.205. The Morgan fingerprint density at radius 1 is 1.40 bits per heavy atom. The van der Waals surface area contributed by atoms with Gasteiger partial charge in [0.05, 0.1) is 4.75 Å². The van der Waals surface area contributed by atoms with Crippen LogP contribution in [0.2, 0.25) is 0 Å². The highest BCUT2D eigenvalue weighted by Gasteiger charge is 2.65. The number of carboxylic acid groups (broad SMARTS) is 1. The number of alkyl halides is 1. The van der Waals surface area contributed by atoms with E-state index in [1.165, 1.54) is 16.7 Å². The molecule has 2 N–H and O–H groups in total. The number of halogens is 1. The smallest absolute Gasteiger partial charge is 0.327 e. The molecule has 3 unspecified atom stereocenters. The molecule has 2 heterocycles. The SMILES string of the molecule is CC1(CBr)S[C@H]2C(NC(=O)COc3ccccc3)C(=O)N2C1C(=O)O. The first kappa shape index (κ1) is 18.1. The number of para-hydroxylation sites is 1. The maximum atomic E-state index is 12.3. The second kappa shape index (κ2) is 6.87. The lowest BCUT2D eigenvalue weighted by Gasteiger charge is -2.43. The van der Waals surface area contributed by atoms with Crippen molar-refractivity contribution in [2.24, 2.45) is 0 Å². The highest BCUT2D eigenvalue weighted by atomic mass is 79.9. The van der Waals surface area contributed by atoms with Crippen LogP contribution in [0, 0.1) is 0 Å². The van der Waals surface area contributed by atoms with Crippen LogP contribution in [0.3, 0.4) is 0 Å². The van der Waals surface area contributed by atoms with Crippen LogP contribution >= 0.6 is 27.7 Å². The van der Waals surface area contributed by atoms with Crippen LogP contribution in [-0.2, 0) is 14.4 Å². The number of fused-ring (bicyclic) bond motifs is 1. The quantitative estimate of drug-likeness (QED) is 0.519. The standard InChI is InChI=1S/C16H17BrN2O5S/c1-16(8-17)12(15(22)23)19-13(21)11(14(19)25-16)18-10(20)7-24-9-5-3-2-4-6-9/h2-6,11-12,14H,7-8H2,1H3,(H,18,20)(H,22,23)/t11?,12?,14-,16?/m0/s1. The number of thioether (sulfide) groups is 1. The van der Waals surface area contributed by atoms with Crippen molar-refractivity contribution in [2.45, 2.75) is 29.1 Å². The normalized spacial score (nSPS) is 30.4. The van der Waals surface area contributed by atoms with E-state index < -0.39 is 28.7 Å². The number of hydrogen-bond donors (Lipinski definition) is 2. The molecule has 25 heavy (non-hydrogen) atoms. The predicted molar refractivity (Wildman–Crippen MR) is 95.7 cm³/mol. The predicted octanol–water partition coefficient (Wildman–Crippen LogP) is 1.07. The largest absolute Gasteiger partial charge is 0.484 e. The van der Waals surface area contributed by atoms with Crippen molar-refractivity contribution in [3.63, 3.8) is 0 Å². The molecule has 9 heteroatoms. The van der Waals surface area contributed by atoms with Gasteiger partial charge in [0, 0.05) is 5.33 Å². The number of ether oxygens (including phenoxy) is 1. The molecule has 2 aliphatic rings. The summed E-state index contributed by atoms with van der Waals surface area (Å²) >= 11 is 4.73. The van der Waals surface area contributed by atoms with Crippen molar-refractivity contribution in [3.05, 3.63) is 30.3 Å². The van der Waals surface area contributed by atoms with Crippen molar-refractivity contribution in [2.75, 3.05) is 11.9 Å². The van der Waals surface area contributed by atoms with E-state index in [1.807, 2.05) is 6.07 Å². The lowest BCUT2D eigenvalue weighted by atomic mass is 9.96. The summed E-state index contributed by atoms with van der Waals surface area (Å²) in [4.78, 5) is 37.3. The molecule has 3 rings (SSSR count). The molecular formula is C16H17BrN2O5S. The monoisotopic (exact) mass is 428 g/mol. The van der Waals surface area contributed by atoms with Crippen LogP contribution in [0.4, 0.5) is 0 Å². The zero-order valence-electron chi connectivity index (χ0n) is 13.3. The highest BCUT2D eigenvalue weighted by molar-refractivity contribution is 9.09. The Morgan fingerprint density at radius 2 is 2.08 bits per heavy atom. The first-order valence-electron chi connectivity index (χ1n) is 7.63. The number of hydrogen-bond acceptors (Lipinski definition) is 5. The Morgan fingerprint density at radius 3 is 2.68 bits per heavy atom. The number of amides is 2. The van der Waals surface area contributed by atoms with Gasteiger partial charge in [-0.1, -0.05) is 34.1 Å². The van der Waals surface area contributed by atoms with E-state index in [0.717, 1.165) is 0 Å². The van der Waals surface area contributed by atoms with Crippen LogP contribution in [0.5, 0.6) is 5.75 Å². The zero-order chi connectivity index (χ0) is 18.2. The van der Waals surface area contributed by atoms with Crippen molar-refractivity contribution >= 4 is 45.5 Å². The third-order valence-corrected chi connectivity index (χ3v) is 7.44. The summed E-state index contributed by atoms with van der Waals surface area (Å²) in [6.07, 6.45) is 0. The number of rotatable bonds is 6. The maximum absolute atomic E-state index is 12.3. The van der Waals surface area contributed by atoms with Gasteiger partial charge in [-0.05, 0) is 19.1 Å². The van der Waals surface area contributed by atoms with Gasteiger partial charge in [-0.3, -0.25) is 9.59 Å². The molecule has 0 radical (unpaired) electrons. The summed E-state index contributed by atoms with van der Waals surface area (Å²) in [6, 6.07) is 7.25. The first-order valence-corrected chi connectivity index (χ1v) is 9.63. The molecule has 2 saturated heterocycles. The molecule has 7 nitrogen and oxygen atoms in total. The lowest BCUT2D eigenvalue weighted by Crippen LogP contribution is -2.71. The molecule has 0 bridgehead atoms. The molecule has 0 saturated carbocycles. The van der Waals surface area contributed by atoms with Gasteiger partial charge in [0.25, 0.3) is 5.91 Å². The minimum Gasteiger partial charge on any atom is -0.484 e. The first-order chi connectivity index (χ1) is 11.9. The van der Waals surface area contributed by atoms with Gasteiger partial charge in [-0.15, -0.1) is 11.8 Å². The maximum Gasteiger partial charge on any atom is 0.327 e.